The van der Waals surface area contributed by atoms with Gasteiger partial charge in [-0.3, -0.25) is 0 Å². The highest BCUT2D eigenvalue weighted by atomic mass is 19.1. The maximum Gasteiger partial charge on any atom is 0.128 e. The first-order chi connectivity index (χ1) is 10.1. The molecular formula is C17H18FNO2. The van der Waals surface area contributed by atoms with Crippen LogP contribution in [0, 0.1) is 12.7 Å². The van der Waals surface area contributed by atoms with Crippen LogP contribution in [0.1, 0.15) is 35.3 Å². The van der Waals surface area contributed by atoms with Crippen molar-refractivity contribution in [1.29, 1.82) is 0 Å². The van der Waals surface area contributed by atoms with Gasteiger partial charge in [0.2, 0.25) is 0 Å². The molecule has 1 aliphatic heterocycles. The number of methoxy groups -OCH3 is 1. The van der Waals surface area contributed by atoms with E-state index in [0.29, 0.717) is 12.2 Å². The Morgan fingerprint density at radius 2 is 2.00 bits per heavy atom. The van der Waals surface area contributed by atoms with E-state index in [9.17, 15) is 4.39 Å². The second kappa shape index (κ2) is 5.37. The zero-order valence-corrected chi connectivity index (χ0v) is 12.1. The van der Waals surface area contributed by atoms with E-state index in [1.807, 2.05) is 25.1 Å². The number of halogens is 1. The summed E-state index contributed by atoms with van der Waals surface area (Å²) in [7, 11) is 1.61. The van der Waals surface area contributed by atoms with Crippen LogP contribution in [0.3, 0.4) is 0 Å². The van der Waals surface area contributed by atoms with E-state index in [4.69, 9.17) is 15.2 Å². The number of rotatable bonds is 2. The highest BCUT2D eigenvalue weighted by molar-refractivity contribution is 5.45. The molecule has 0 aliphatic carbocycles. The number of benzene rings is 2. The molecule has 0 radical (unpaired) electrons. The van der Waals surface area contributed by atoms with Gasteiger partial charge in [0.1, 0.15) is 23.4 Å². The standard InChI is InChI=1S/C17H18FNO2/c1-10-3-4-11(18)7-14(10)17-9-15(19)13-6-5-12(20-2)8-16(13)21-17/h3-8,15,17H,9,19H2,1-2H3/t15-,17?/m0/s1. The Labute approximate surface area is 123 Å². The van der Waals surface area contributed by atoms with Gasteiger partial charge in [0.25, 0.3) is 0 Å². The van der Waals surface area contributed by atoms with E-state index in [1.54, 1.807) is 13.2 Å². The summed E-state index contributed by atoms with van der Waals surface area (Å²) in [4.78, 5) is 0. The van der Waals surface area contributed by atoms with E-state index < -0.39 is 0 Å². The Hall–Kier alpha value is -2.07. The first-order valence-electron chi connectivity index (χ1n) is 6.94. The van der Waals surface area contributed by atoms with Crippen LogP contribution in [0.15, 0.2) is 36.4 Å². The minimum absolute atomic E-state index is 0.132. The minimum atomic E-state index is -0.260. The van der Waals surface area contributed by atoms with Crippen LogP contribution in [0.25, 0.3) is 0 Å². The fourth-order valence-electron chi connectivity index (χ4n) is 2.76. The van der Waals surface area contributed by atoms with Crippen molar-refractivity contribution in [3.63, 3.8) is 0 Å². The smallest absolute Gasteiger partial charge is 0.128 e. The van der Waals surface area contributed by atoms with Gasteiger partial charge in [-0.1, -0.05) is 12.1 Å². The van der Waals surface area contributed by atoms with E-state index >= 15 is 0 Å². The lowest BCUT2D eigenvalue weighted by Crippen LogP contribution is -2.24. The van der Waals surface area contributed by atoms with Gasteiger partial charge in [0.05, 0.1) is 7.11 Å². The molecule has 3 nitrogen and oxygen atoms in total. The summed E-state index contributed by atoms with van der Waals surface area (Å²) in [6.45, 7) is 1.95. The number of hydrogen-bond donors (Lipinski definition) is 1. The van der Waals surface area contributed by atoms with Crippen molar-refractivity contribution in [1.82, 2.24) is 0 Å². The van der Waals surface area contributed by atoms with E-state index in [2.05, 4.69) is 0 Å². The SMILES string of the molecule is COc1ccc2c(c1)OC(c1cc(F)ccc1C)C[C@@H]2N. The van der Waals surface area contributed by atoms with Crippen LogP contribution in [0.5, 0.6) is 11.5 Å². The molecule has 1 unspecified atom stereocenters. The van der Waals surface area contributed by atoms with Crippen LogP contribution in [-0.4, -0.2) is 7.11 Å². The molecule has 2 aromatic carbocycles. The summed E-state index contributed by atoms with van der Waals surface area (Å²) >= 11 is 0. The predicted molar refractivity (Wildman–Crippen MR) is 79.0 cm³/mol. The normalized spacial score (nSPS) is 20.6. The largest absolute Gasteiger partial charge is 0.497 e. The molecule has 1 heterocycles. The number of hydrogen-bond acceptors (Lipinski definition) is 3. The van der Waals surface area contributed by atoms with E-state index in [0.717, 1.165) is 22.4 Å². The fraction of sp³-hybridized carbons (Fsp3) is 0.294. The third-order valence-corrected chi connectivity index (χ3v) is 3.95. The minimum Gasteiger partial charge on any atom is -0.497 e. The molecule has 0 fully saturated rings. The molecular weight excluding hydrogens is 269 g/mol. The molecule has 2 atom stereocenters. The van der Waals surface area contributed by atoms with Gasteiger partial charge in [-0.15, -0.1) is 0 Å². The van der Waals surface area contributed by atoms with Crippen LogP contribution in [-0.2, 0) is 0 Å². The lowest BCUT2D eigenvalue weighted by Gasteiger charge is -2.31. The van der Waals surface area contributed by atoms with Crippen molar-refractivity contribution < 1.29 is 13.9 Å². The topological polar surface area (TPSA) is 44.5 Å². The Balaban J connectivity index is 1.98. The Kier molecular flexibility index (Phi) is 3.55. The fourth-order valence-corrected chi connectivity index (χ4v) is 2.76. The van der Waals surface area contributed by atoms with Crippen molar-refractivity contribution in [2.75, 3.05) is 7.11 Å². The predicted octanol–water partition coefficient (Wildman–Crippen LogP) is 3.67. The Bertz CT molecular complexity index is 672. The summed E-state index contributed by atoms with van der Waals surface area (Å²) in [6.07, 6.45) is 0.388. The van der Waals surface area contributed by atoms with Gasteiger partial charge in [0.15, 0.2) is 0 Å². The summed E-state index contributed by atoms with van der Waals surface area (Å²) in [6, 6.07) is 10.2. The summed E-state index contributed by atoms with van der Waals surface area (Å²) in [5, 5.41) is 0. The molecule has 0 spiro atoms. The van der Waals surface area contributed by atoms with Crippen LogP contribution in [0.2, 0.25) is 0 Å². The zero-order chi connectivity index (χ0) is 15.0. The number of aryl methyl sites for hydroxylation is 1. The molecule has 21 heavy (non-hydrogen) atoms. The molecule has 0 saturated carbocycles. The summed E-state index contributed by atoms with van der Waals surface area (Å²) in [5.41, 5.74) is 9.04. The van der Waals surface area contributed by atoms with Gasteiger partial charge < -0.3 is 15.2 Å². The second-order valence-corrected chi connectivity index (χ2v) is 5.35. The average molecular weight is 287 g/mol. The monoisotopic (exact) mass is 287 g/mol. The van der Waals surface area contributed by atoms with E-state index in [-0.39, 0.29) is 18.0 Å². The quantitative estimate of drug-likeness (QED) is 0.916. The third-order valence-electron chi connectivity index (χ3n) is 3.95. The number of nitrogens with two attached hydrogens (primary N) is 1. The molecule has 1 aliphatic rings. The highest BCUT2D eigenvalue weighted by Crippen LogP contribution is 2.42. The van der Waals surface area contributed by atoms with Gasteiger partial charge >= 0.3 is 0 Å². The summed E-state index contributed by atoms with van der Waals surface area (Å²) in [5.74, 6) is 1.17. The van der Waals surface area contributed by atoms with Gasteiger partial charge in [-0.2, -0.15) is 0 Å². The molecule has 2 N–H and O–H groups in total. The molecule has 4 heteroatoms. The lowest BCUT2D eigenvalue weighted by molar-refractivity contribution is 0.160. The van der Waals surface area contributed by atoms with E-state index in [1.165, 1.54) is 12.1 Å². The first-order valence-corrected chi connectivity index (χ1v) is 6.94. The summed E-state index contributed by atoms with van der Waals surface area (Å²) < 4.78 is 24.8. The Morgan fingerprint density at radius 3 is 2.76 bits per heavy atom. The second-order valence-electron chi connectivity index (χ2n) is 5.35. The molecule has 2 aromatic rings. The zero-order valence-electron chi connectivity index (χ0n) is 12.1. The van der Waals surface area contributed by atoms with Gasteiger partial charge in [0, 0.05) is 24.1 Å². The number of fused-ring (bicyclic) bond motifs is 1. The molecule has 0 aromatic heterocycles. The molecule has 0 saturated heterocycles. The maximum absolute atomic E-state index is 13.5. The first kappa shape index (κ1) is 13.9. The third kappa shape index (κ3) is 2.59. The van der Waals surface area contributed by atoms with Gasteiger partial charge in [-0.05, 0) is 36.2 Å². The number of ether oxygens (including phenoxy) is 2. The van der Waals surface area contributed by atoms with Crippen molar-refractivity contribution in [3.05, 3.63) is 58.9 Å². The molecule has 0 amide bonds. The van der Waals surface area contributed by atoms with Crippen molar-refractivity contribution in [2.24, 2.45) is 5.73 Å². The van der Waals surface area contributed by atoms with Crippen LogP contribution < -0.4 is 15.2 Å². The highest BCUT2D eigenvalue weighted by Gasteiger charge is 2.28. The molecule has 0 bridgehead atoms. The molecule has 3 rings (SSSR count). The molecule has 110 valence electrons. The van der Waals surface area contributed by atoms with Crippen molar-refractivity contribution in [2.45, 2.75) is 25.5 Å². The van der Waals surface area contributed by atoms with Crippen LogP contribution in [0.4, 0.5) is 4.39 Å². The van der Waals surface area contributed by atoms with Crippen molar-refractivity contribution >= 4 is 0 Å². The van der Waals surface area contributed by atoms with Crippen molar-refractivity contribution in [3.8, 4) is 11.5 Å². The lowest BCUT2D eigenvalue weighted by atomic mass is 9.91. The Morgan fingerprint density at radius 1 is 1.19 bits per heavy atom. The van der Waals surface area contributed by atoms with Crippen LogP contribution >= 0.6 is 0 Å². The maximum atomic E-state index is 13.5. The average Bonchev–Trinajstić information content (AvgIpc) is 2.49. The van der Waals surface area contributed by atoms with Gasteiger partial charge in [-0.25, -0.2) is 4.39 Å².